The quantitative estimate of drug-likeness (QED) is 0.256. The number of amides is 1. The van der Waals surface area contributed by atoms with Gasteiger partial charge in [0.2, 0.25) is 0 Å². The van der Waals surface area contributed by atoms with Crippen molar-refractivity contribution in [2.45, 2.75) is 18.6 Å². The van der Waals surface area contributed by atoms with Crippen molar-refractivity contribution in [3.05, 3.63) is 103 Å². The summed E-state index contributed by atoms with van der Waals surface area (Å²) in [4.78, 5) is 61.4. The summed E-state index contributed by atoms with van der Waals surface area (Å²) in [5.74, 6) is -5.91. The second-order valence-corrected chi connectivity index (χ2v) is 10.1. The van der Waals surface area contributed by atoms with Gasteiger partial charge in [-0.3, -0.25) is 14.2 Å². The smallest absolute Gasteiger partial charge is 0.480 e. The molecule has 3 aromatic carbocycles. The average Bonchev–Trinajstić information content (AvgIpc) is 2.96. The van der Waals surface area contributed by atoms with Gasteiger partial charge in [0.1, 0.15) is 11.9 Å². The van der Waals surface area contributed by atoms with Gasteiger partial charge in [-0.2, -0.15) is 13.2 Å². The molecule has 45 heavy (non-hydrogen) atoms. The SMILES string of the molecule is CN(C)c1ccc2c(c1)c(=O)n(-c1ccc(CC(NC(=O)c3c(F)cccc3Cl)C(=O)O)cc1)c(=O)n2C.O=C(O)C(F)(F)F. The molecule has 0 bridgehead atoms. The zero-order valence-corrected chi connectivity index (χ0v) is 24.5. The van der Waals surface area contributed by atoms with E-state index in [1.165, 1.54) is 28.8 Å². The van der Waals surface area contributed by atoms with Gasteiger partial charge in [-0.15, -0.1) is 0 Å². The van der Waals surface area contributed by atoms with Crippen LogP contribution in [0.5, 0.6) is 0 Å². The predicted molar refractivity (Wildman–Crippen MR) is 157 cm³/mol. The summed E-state index contributed by atoms with van der Waals surface area (Å²) in [5, 5.41) is 19.3. The maximum absolute atomic E-state index is 14.1. The van der Waals surface area contributed by atoms with Crippen molar-refractivity contribution in [1.82, 2.24) is 14.5 Å². The number of nitrogens with zero attached hydrogens (tertiary/aromatic N) is 3. The molecule has 0 radical (unpaired) electrons. The van der Waals surface area contributed by atoms with Crippen LogP contribution in [0.15, 0.2) is 70.3 Å². The number of rotatable bonds is 7. The molecule has 0 aliphatic carbocycles. The van der Waals surface area contributed by atoms with Crippen molar-refractivity contribution in [2.75, 3.05) is 19.0 Å². The lowest BCUT2D eigenvalue weighted by atomic mass is 10.0. The van der Waals surface area contributed by atoms with Crippen LogP contribution >= 0.6 is 11.6 Å². The van der Waals surface area contributed by atoms with E-state index in [1.807, 2.05) is 25.1 Å². The molecule has 4 aromatic rings. The first-order chi connectivity index (χ1) is 20.9. The fraction of sp³-hybridized carbons (Fsp3) is 0.207. The normalized spacial score (nSPS) is 11.7. The molecule has 1 amide bonds. The van der Waals surface area contributed by atoms with E-state index < -0.39 is 52.7 Å². The van der Waals surface area contributed by atoms with E-state index in [0.717, 1.165) is 16.3 Å². The van der Waals surface area contributed by atoms with Crippen molar-refractivity contribution < 1.29 is 42.2 Å². The Morgan fingerprint density at radius 3 is 2.11 bits per heavy atom. The summed E-state index contributed by atoms with van der Waals surface area (Å²) in [6, 6.07) is 13.7. The van der Waals surface area contributed by atoms with Crippen molar-refractivity contribution >= 4 is 46.0 Å². The molecule has 16 heteroatoms. The lowest BCUT2D eigenvalue weighted by Crippen LogP contribution is -2.42. The highest BCUT2D eigenvalue weighted by Crippen LogP contribution is 2.20. The molecule has 1 aromatic heterocycles. The molecule has 0 aliphatic heterocycles. The molecule has 1 unspecified atom stereocenters. The molecule has 11 nitrogen and oxygen atoms in total. The predicted octanol–water partition coefficient (Wildman–Crippen LogP) is 3.61. The molecular weight excluding hydrogens is 628 g/mol. The number of benzene rings is 3. The summed E-state index contributed by atoms with van der Waals surface area (Å²) in [7, 11) is 5.27. The van der Waals surface area contributed by atoms with Crippen molar-refractivity contribution in [3.8, 4) is 5.69 Å². The largest absolute Gasteiger partial charge is 0.490 e. The number of alkyl halides is 3. The monoisotopic (exact) mass is 652 g/mol. The van der Waals surface area contributed by atoms with E-state index in [-0.39, 0.29) is 11.4 Å². The van der Waals surface area contributed by atoms with Gasteiger partial charge in [-0.1, -0.05) is 29.8 Å². The van der Waals surface area contributed by atoms with Gasteiger partial charge < -0.3 is 20.4 Å². The van der Waals surface area contributed by atoms with Crippen LogP contribution in [0.3, 0.4) is 0 Å². The number of aryl methyl sites for hydroxylation is 1. The van der Waals surface area contributed by atoms with Crippen molar-refractivity contribution in [2.24, 2.45) is 7.05 Å². The van der Waals surface area contributed by atoms with Crippen molar-refractivity contribution in [3.63, 3.8) is 0 Å². The van der Waals surface area contributed by atoms with Crippen LogP contribution in [-0.4, -0.2) is 63.5 Å². The van der Waals surface area contributed by atoms with Crippen LogP contribution in [0.1, 0.15) is 15.9 Å². The highest BCUT2D eigenvalue weighted by Gasteiger charge is 2.38. The van der Waals surface area contributed by atoms with Crippen LogP contribution in [0.25, 0.3) is 16.6 Å². The third-order valence-corrected chi connectivity index (χ3v) is 6.75. The maximum atomic E-state index is 14.1. The lowest BCUT2D eigenvalue weighted by molar-refractivity contribution is -0.192. The van der Waals surface area contributed by atoms with Crippen LogP contribution in [0, 0.1) is 5.82 Å². The zero-order valence-electron chi connectivity index (χ0n) is 23.7. The minimum atomic E-state index is -5.08. The number of aromatic nitrogens is 2. The number of aliphatic carboxylic acids is 2. The molecule has 1 heterocycles. The molecule has 4 rings (SSSR count). The van der Waals surface area contributed by atoms with E-state index in [4.69, 9.17) is 21.5 Å². The highest BCUT2D eigenvalue weighted by molar-refractivity contribution is 6.33. The molecule has 0 saturated heterocycles. The van der Waals surface area contributed by atoms with Gasteiger partial charge in [0.25, 0.3) is 11.5 Å². The number of carbonyl (C=O) groups excluding carboxylic acids is 1. The number of carbonyl (C=O) groups is 3. The first-order valence-electron chi connectivity index (χ1n) is 12.7. The number of halogens is 5. The number of nitrogens with one attached hydrogen (secondary N) is 1. The van der Waals surface area contributed by atoms with E-state index in [2.05, 4.69) is 5.32 Å². The number of carboxylic acids is 2. The van der Waals surface area contributed by atoms with Gasteiger partial charge in [0, 0.05) is 33.3 Å². The molecular formula is C29H25ClF4N4O7. The Morgan fingerprint density at radius 1 is 1.00 bits per heavy atom. The lowest BCUT2D eigenvalue weighted by Gasteiger charge is -2.17. The summed E-state index contributed by atoms with van der Waals surface area (Å²) in [5.41, 5.74) is 0.622. The highest BCUT2D eigenvalue weighted by atomic mass is 35.5. The number of carboxylic acid groups (broad SMARTS) is 2. The molecule has 0 saturated carbocycles. The Hall–Kier alpha value is -5.18. The van der Waals surface area contributed by atoms with Crippen LogP contribution in [0.2, 0.25) is 5.02 Å². The third kappa shape index (κ3) is 7.86. The Morgan fingerprint density at radius 2 is 1.60 bits per heavy atom. The van der Waals surface area contributed by atoms with Crippen molar-refractivity contribution in [1.29, 1.82) is 0 Å². The molecule has 0 aliphatic rings. The van der Waals surface area contributed by atoms with Crippen LogP contribution in [0.4, 0.5) is 23.2 Å². The van der Waals surface area contributed by atoms with Crippen LogP contribution < -0.4 is 21.5 Å². The minimum Gasteiger partial charge on any atom is -0.480 e. The van der Waals surface area contributed by atoms with Crippen LogP contribution in [-0.2, 0) is 23.1 Å². The zero-order chi connectivity index (χ0) is 33.8. The first-order valence-corrected chi connectivity index (χ1v) is 13.1. The Balaban J connectivity index is 0.000000707. The Bertz CT molecular complexity index is 1870. The number of anilines is 1. The number of hydrogen-bond donors (Lipinski definition) is 3. The molecule has 1 atom stereocenters. The molecule has 238 valence electrons. The Labute approximate surface area is 256 Å². The van der Waals surface area contributed by atoms with E-state index in [0.29, 0.717) is 22.2 Å². The standard InChI is InChI=1S/C27H24ClFN4O5.C2HF3O2/c1-31(2)17-11-12-22-18(14-17)25(35)33(27(38)32(22)3)16-9-7-15(8-10-16)13-21(26(36)37)30-24(34)23-19(28)5-4-6-20(23)29;3-2(4,5)1(6)7/h4-12,14,21H,13H2,1-3H3,(H,30,34)(H,36,37);(H,6,7). The van der Waals surface area contributed by atoms with E-state index in [1.54, 1.807) is 31.3 Å². The van der Waals surface area contributed by atoms with Gasteiger partial charge in [0.05, 0.1) is 27.2 Å². The fourth-order valence-electron chi connectivity index (χ4n) is 4.12. The summed E-state index contributed by atoms with van der Waals surface area (Å²) in [6.07, 6.45) is -5.22. The number of hydrogen-bond acceptors (Lipinski definition) is 6. The summed E-state index contributed by atoms with van der Waals surface area (Å²) in [6.45, 7) is 0. The van der Waals surface area contributed by atoms with Gasteiger partial charge in [-0.05, 0) is 48.0 Å². The fourth-order valence-corrected chi connectivity index (χ4v) is 4.36. The Kier molecular flexibility index (Phi) is 10.4. The molecule has 0 fully saturated rings. The van der Waals surface area contributed by atoms with Gasteiger partial charge in [0.15, 0.2) is 0 Å². The molecule has 0 spiro atoms. The summed E-state index contributed by atoms with van der Waals surface area (Å²) < 4.78 is 48.3. The average molecular weight is 653 g/mol. The topological polar surface area (TPSA) is 151 Å². The van der Waals surface area contributed by atoms with E-state index >= 15 is 0 Å². The van der Waals surface area contributed by atoms with Gasteiger partial charge >= 0.3 is 23.8 Å². The number of fused-ring (bicyclic) bond motifs is 1. The van der Waals surface area contributed by atoms with E-state index in [9.17, 15) is 41.8 Å². The second-order valence-electron chi connectivity index (χ2n) is 9.71. The third-order valence-electron chi connectivity index (χ3n) is 6.44. The van der Waals surface area contributed by atoms with Gasteiger partial charge in [-0.25, -0.2) is 23.3 Å². The second kappa shape index (κ2) is 13.6. The maximum Gasteiger partial charge on any atom is 0.490 e. The first kappa shape index (κ1) is 34.3. The summed E-state index contributed by atoms with van der Waals surface area (Å²) >= 11 is 5.91. The minimum absolute atomic E-state index is 0.135. The molecule has 3 N–H and O–H groups in total.